The first-order valence-electron chi connectivity index (χ1n) is 17.2. The van der Waals surface area contributed by atoms with Crippen molar-refractivity contribution in [1.29, 1.82) is 0 Å². The van der Waals surface area contributed by atoms with Gasteiger partial charge in [-0.15, -0.1) is 0 Å². The summed E-state index contributed by atoms with van der Waals surface area (Å²) >= 11 is 0. The molecule has 3 nitrogen and oxygen atoms in total. The first kappa shape index (κ1) is 31.1. The smallest absolute Gasteiger partial charge is 0.306 e. The Labute approximate surface area is 241 Å². The highest BCUT2D eigenvalue weighted by Gasteiger charge is 2.61. The van der Waals surface area contributed by atoms with E-state index in [0.29, 0.717) is 30.1 Å². The van der Waals surface area contributed by atoms with Crippen molar-refractivity contribution in [3.63, 3.8) is 0 Å². The van der Waals surface area contributed by atoms with E-state index in [1.165, 1.54) is 76.2 Å². The minimum absolute atomic E-state index is 0.0379. The fourth-order valence-corrected chi connectivity index (χ4v) is 10.1. The molecule has 0 spiro atoms. The highest BCUT2D eigenvalue weighted by atomic mass is 16.5. The molecule has 0 radical (unpaired) electrons. The summed E-state index contributed by atoms with van der Waals surface area (Å²) in [6, 6.07) is 0. The van der Waals surface area contributed by atoms with Gasteiger partial charge < -0.3 is 9.84 Å². The second-order valence-electron chi connectivity index (χ2n) is 15.2. The molecule has 0 amide bonds. The fraction of sp³-hybridized carbons (Fsp3) is 0.917. The van der Waals surface area contributed by atoms with Crippen LogP contribution >= 0.6 is 0 Å². The maximum absolute atomic E-state index is 13.0. The minimum Gasteiger partial charge on any atom is -0.461 e. The Kier molecular flexibility index (Phi) is 10.7. The number of aliphatic hydroxyl groups excluding tert-OH is 1. The number of ether oxygens (including phenoxy) is 1. The number of allylic oxidation sites excluding steroid dienone is 1. The molecule has 0 heterocycles. The van der Waals surface area contributed by atoms with Crippen molar-refractivity contribution in [3.05, 3.63) is 11.6 Å². The van der Waals surface area contributed by atoms with Gasteiger partial charge in [-0.1, -0.05) is 105 Å². The monoisotopic (exact) mass is 542 g/mol. The molecule has 0 aliphatic heterocycles. The number of esters is 1. The summed E-state index contributed by atoms with van der Waals surface area (Å²) in [6.07, 6.45) is 21.5. The van der Waals surface area contributed by atoms with Crippen molar-refractivity contribution in [2.24, 2.45) is 46.3 Å². The summed E-state index contributed by atoms with van der Waals surface area (Å²) < 4.78 is 6.33. The lowest BCUT2D eigenvalue weighted by atomic mass is 9.46. The molecule has 0 aromatic carbocycles. The SMILES string of the molecule is CCCCCCCCC(=O)OC1C[C@H](O)CC2=CC[C@H]3[C@@H]4CC[C@H]([C@H](C)CCCC(C)C)[C@@]4(C)CC[C@@H]3[C@]21C. The lowest BCUT2D eigenvalue weighted by Gasteiger charge is -2.60. The van der Waals surface area contributed by atoms with Crippen LogP contribution in [0.3, 0.4) is 0 Å². The molecule has 0 bridgehead atoms. The summed E-state index contributed by atoms with van der Waals surface area (Å²) in [7, 11) is 0. The van der Waals surface area contributed by atoms with Crippen LogP contribution in [0.15, 0.2) is 11.6 Å². The molecule has 3 fully saturated rings. The molecule has 0 saturated heterocycles. The minimum atomic E-state index is -0.385. The number of aliphatic hydroxyl groups is 1. The van der Waals surface area contributed by atoms with Gasteiger partial charge in [0.05, 0.1) is 6.10 Å². The highest BCUT2D eigenvalue weighted by molar-refractivity contribution is 5.69. The molecular formula is C36H62O3. The fourth-order valence-electron chi connectivity index (χ4n) is 10.1. The number of carbonyl (C=O) groups excluding carboxylic acids is 1. The molecule has 4 aliphatic rings. The van der Waals surface area contributed by atoms with Gasteiger partial charge in [-0.2, -0.15) is 0 Å². The first-order chi connectivity index (χ1) is 18.6. The zero-order valence-electron chi connectivity index (χ0n) is 26.5. The second-order valence-corrected chi connectivity index (χ2v) is 15.2. The van der Waals surface area contributed by atoms with E-state index < -0.39 is 0 Å². The van der Waals surface area contributed by atoms with E-state index in [1.807, 2.05) is 0 Å². The Balaban J connectivity index is 1.43. The van der Waals surface area contributed by atoms with Crippen molar-refractivity contribution >= 4 is 5.97 Å². The lowest BCUT2D eigenvalue weighted by Crippen LogP contribution is -2.56. The van der Waals surface area contributed by atoms with Gasteiger partial charge >= 0.3 is 5.97 Å². The van der Waals surface area contributed by atoms with E-state index in [1.54, 1.807) is 0 Å². The van der Waals surface area contributed by atoms with Crippen LogP contribution in [0.4, 0.5) is 0 Å². The molecule has 0 aromatic heterocycles. The number of unbranched alkanes of at least 4 members (excludes halogenated alkanes) is 5. The van der Waals surface area contributed by atoms with Crippen LogP contribution in [-0.4, -0.2) is 23.3 Å². The number of fused-ring (bicyclic) bond motifs is 5. The molecule has 3 saturated carbocycles. The van der Waals surface area contributed by atoms with Gasteiger partial charge in [-0.3, -0.25) is 4.79 Å². The zero-order valence-corrected chi connectivity index (χ0v) is 26.5. The molecule has 0 aromatic rings. The summed E-state index contributed by atoms with van der Waals surface area (Å²) in [4.78, 5) is 13.0. The van der Waals surface area contributed by atoms with Crippen LogP contribution < -0.4 is 0 Å². The molecular weight excluding hydrogens is 480 g/mol. The third-order valence-electron chi connectivity index (χ3n) is 12.4. The third kappa shape index (κ3) is 6.65. The number of hydrogen-bond acceptors (Lipinski definition) is 3. The average Bonchev–Trinajstić information content (AvgIpc) is 3.24. The standard InChI is InChI=1S/C36H62O3/c1-7-8-9-10-11-12-16-34(38)39-33-24-28(37)23-27-17-18-29-31-20-19-30(26(4)15-13-14-25(2)3)35(31,5)22-21-32(29)36(27,33)6/h17,25-26,28-33,37H,7-16,18-24H2,1-6H3/t26-,28-,29+,30-,31+,32+,33?,35-,36+/m1/s1. The van der Waals surface area contributed by atoms with E-state index in [4.69, 9.17) is 4.74 Å². The maximum Gasteiger partial charge on any atom is 0.306 e. The van der Waals surface area contributed by atoms with Crippen molar-refractivity contribution in [1.82, 2.24) is 0 Å². The van der Waals surface area contributed by atoms with Crippen LogP contribution in [0.1, 0.15) is 151 Å². The molecule has 1 N–H and O–H groups in total. The molecule has 224 valence electrons. The Morgan fingerprint density at radius 1 is 1.00 bits per heavy atom. The van der Waals surface area contributed by atoms with Crippen LogP contribution in [0, 0.1) is 46.3 Å². The largest absolute Gasteiger partial charge is 0.461 e. The predicted octanol–water partition coefficient (Wildman–Crippen LogP) is 9.66. The van der Waals surface area contributed by atoms with E-state index in [9.17, 15) is 9.90 Å². The lowest BCUT2D eigenvalue weighted by molar-refractivity contribution is -0.169. The molecule has 9 atom stereocenters. The maximum atomic E-state index is 13.0. The van der Waals surface area contributed by atoms with Gasteiger partial charge in [-0.25, -0.2) is 0 Å². The van der Waals surface area contributed by atoms with Crippen molar-refractivity contribution < 1.29 is 14.6 Å². The number of carbonyl (C=O) groups is 1. The van der Waals surface area contributed by atoms with Gasteiger partial charge in [0.1, 0.15) is 6.10 Å². The van der Waals surface area contributed by atoms with Crippen LogP contribution in [-0.2, 0) is 9.53 Å². The Bertz CT molecular complexity index is 831. The normalized spacial score (nSPS) is 38.5. The Morgan fingerprint density at radius 3 is 2.49 bits per heavy atom. The zero-order chi connectivity index (χ0) is 28.2. The van der Waals surface area contributed by atoms with E-state index >= 15 is 0 Å². The number of rotatable bonds is 13. The van der Waals surface area contributed by atoms with Crippen LogP contribution in [0.5, 0.6) is 0 Å². The first-order valence-corrected chi connectivity index (χ1v) is 17.2. The topological polar surface area (TPSA) is 46.5 Å². The summed E-state index contributed by atoms with van der Waals surface area (Å²) in [5.41, 5.74) is 1.74. The van der Waals surface area contributed by atoms with E-state index in [2.05, 4.69) is 47.6 Å². The second kappa shape index (κ2) is 13.4. The Hall–Kier alpha value is -0.830. The summed E-state index contributed by atoms with van der Waals surface area (Å²) in [5.74, 6) is 4.50. The van der Waals surface area contributed by atoms with E-state index in [0.717, 1.165) is 49.4 Å². The predicted molar refractivity (Wildman–Crippen MR) is 162 cm³/mol. The molecule has 1 unspecified atom stereocenters. The van der Waals surface area contributed by atoms with Crippen LogP contribution in [0.25, 0.3) is 0 Å². The van der Waals surface area contributed by atoms with Gasteiger partial charge in [0.15, 0.2) is 0 Å². The molecule has 4 rings (SSSR count). The third-order valence-corrected chi connectivity index (χ3v) is 12.4. The summed E-state index contributed by atoms with van der Waals surface area (Å²) in [5, 5.41) is 10.8. The van der Waals surface area contributed by atoms with Gasteiger partial charge in [0.2, 0.25) is 0 Å². The quantitative estimate of drug-likeness (QED) is 0.143. The van der Waals surface area contributed by atoms with Crippen molar-refractivity contribution in [3.8, 4) is 0 Å². The Morgan fingerprint density at radius 2 is 1.74 bits per heavy atom. The molecule has 4 aliphatic carbocycles. The van der Waals surface area contributed by atoms with Crippen LogP contribution in [0.2, 0.25) is 0 Å². The van der Waals surface area contributed by atoms with E-state index in [-0.39, 0.29) is 23.6 Å². The molecule has 39 heavy (non-hydrogen) atoms. The van der Waals surface area contributed by atoms with Crippen molar-refractivity contribution in [2.75, 3.05) is 0 Å². The number of hydrogen-bond donors (Lipinski definition) is 1. The highest BCUT2D eigenvalue weighted by Crippen LogP contribution is 2.67. The summed E-state index contributed by atoms with van der Waals surface area (Å²) in [6.45, 7) is 14.6. The van der Waals surface area contributed by atoms with Gasteiger partial charge in [0.25, 0.3) is 0 Å². The average molecular weight is 543 g/mol. The van der Waals surface area contributed by atoms with Crippen molar-refractivity contribution in [2.45, 2.75) is 163 Å². The van der Waals surface area contributed by atoms with Gasteiger partial charge in [-0.05, 0) is 85.9 Å². The van der Waals surface area contributed by atoms with Gasteiger partial charge in [0, 0.05) is 18.3 Å². The molecule has 3 heteroatoms.